The van der Waals surface area contributed by atoms with E-state index in [1.165, 1.54) is 5.56 Å². The molecule has 0 saturated carbocycles. The van der Waals surface area contributed by atoms with Crippen molar-refractivity contribution in [1.29, 1.82) is 0 Å². The normalized spacial score (nSPS) is 17.4. The summed E-state index contributed by atoms with van der Waals surface area (Å²) in [6.45, 7) is 6.61. The van der Waals surface area contributed by atoms with E-state index in [-0.39, 0.29) is 6.61 Å². The molecule has 1 aromatic carbocycles. The second-order valence-corrected chi connectivity index (χ2v) is 5.19. The van der Waals surface area contributed by atoms with Crippen LogP contribution in [0.15, 0.2) is 18.2 Å². The van der Waals surface area contributed by atoms with Gasteiger partial charge < -0.3 is 15.6 Å². The first-order chi connectivity index (χ1) is 9.76. The third-order valence-electron chi connectivity index (χ3n) is 3.86. The van der Waals surface area contributed by atoms with Crippen LogP contribution in [0.1, 0.15) is 11.1 Å². The van der Waals surface area contributed by atoms with Crippen molar-refractivity contribution in [2.45, 2.75) is 13.1 Å². The van der Waals surface area contributed by atoms with Gasteiger partial charge in [0.15, 0.2) is 0 Å². The topological polar surface area (TPSA) is 62.0 Å². The summed E-state index contributed by atoms with van der Waals surface area (Å²) < 4.78 is 5.38. The molecule has 0 bridgehead atoms. The van der Waals surface area contributed by atoms with E-state index >= 15 is 0 Å². The van der Waals surface area contributed by atoms with E-state index in [0.29, 0.717) is 6.54 Å². The molecule has 0 radical (unpaired) electrons. The van der Waals surface area contributed by atoms with Crippen molar-refractivity contribution in [2.75, 3.05) is 46.4 Å². The largest absolute Gasteiger partial charge is 0.496 e. The Hall–Kier alpha value is -1.14. The molecule has 1 aromatic rings. The lowest BCUT2D eigenvalue weighted by molar-refractivity contribution is 0.108. The summed E-state index contributed by atoms with van der Waals surface area (Å²) in [7, 11) is 1.69. The number of methoxy groups -OCH3 is 1. The van der Waals surface area contributed by atoms with Crippen LogP contribution in [-0.2, 0) is 13.1 Å². The van der Waals surface area contributed by atoms with Gasteiger partial charge in [-0.2, -0.15) is 0 Å². The number of aliphatic hydroxyl groups excluding tert-OH is 1. The fourth-order valence-electron chi connectivity index (χ4n) is 2.63. The Morgan fingerprint density at radius 2 is 1.90 bits per heavy atom. The Morgan fingerprint density at radius 1 is 1.20 bits per heavy atom. The molecular weight excluding hydrogens is 254 g/mol. The number of ether oxygens (including phenoxy) is 1. The van der Waals surface area contributed by atoms with Crippen LogP contribution in [0.4, 0.5) is 0 Å². The third-order valence-corrected chi connectivity index (χ3v) is 3.86. The quantitative estimate of drug-likeness (QED) is 0.782. The molecule has 0 unspecified atom stereocenters. The van der Waals surface area contributed by atoms with Crippen LogP contribution in [0.25, 0.3) is 0 Å². The van der Waals surface area contributed by atoms with E-state index in [2.05, 4.69) is 28.0 Å². The van der Waals surface area contributed by atoms with Crippen LogP contribution in [0.3, 0.4) is 0 Å². The van der Waals surface area contributed by atoms with Gasteiger partial charge in [-0.1, -0.05) is 12.1 Å². The summed E-state index contributed by atoms with van der Waals surface area (Å²) in [5.74, 6) is 0.879. The summed E-state index contributed by atoms with van der Waals surface area (Å²) in [6.07, 6.45) is 0. The zero-order chi connectivity index (χ0) is 14.4. The van der Waals surface area contributed by atoms with E-state index in [1.807, 2.05) is 0 Å². The van der Waals surface area contributed by atoms with E-state index in [9.17, 15) is 0 Å². The van der Waals surface area contributed by atoms with Gasteiger partial charge in [0, 0.05) is 51.4 Å². The molecule has 1 fully saturated rings. The van der Waals surface area contributed by atoms with Gasteiger partial charge in [0.2, 0.25) is 0 Å². The molecule has 3 N–H and O–H groups in total. The van der Waals surface area contributed by atoms with Crippen LogP contribution >= 0.6 is 0 Å². The number of hydrogen-bond acceptors (Lipinski definition) is 5. The van der Waals surface area contributed by atoms with Crippen LogP contribution in [0, 0.1) is 0 Å². The highest BCUT2D eigenvalue weighted by Gasteiger charge is 2.16. The third kappa shape index (κ3) is 3.93. The summed E-state index contributed by atoms with van der Waals surface area (Å²) in [5.41, 5.74) is 7.99. The second kappa shape index (κ2) is 7.59. The van der Waals surface area contributed by atoms with Gasteiger partial charge in [0.05, 0.1) is 13.7 Å². The van der Waals surface area contributed by atoms with Crippen molar-refractivity contribution in [3.63, 3.8) is 0 Å². The lowest BCUT2D eigenvalue weighted by Crippen LogP contribution is -2.46. The van der Waals surface area contributed by atoms with Crippen LogP contribution in [-0.4, -0.2) is 61.3 Å². The molecule has 5 nitrogen and oxygen atoms in total. The maximum atomic E-state index is 8.95. The number of rotatable bonds is 6. The SMILES string of the molecule is COc1cc(CN2CCN(CCO)CC2)ccc1CN. The minimum Gasteiger partial charge on any atom is -0.496 e. The zero-order valence-electron chi connectivity index (χ0n) is 12.2. The lowest BCUT2D eigenvalue weighted by atomic mass is 10.1. The Balaban J connectivity index is 1.91. The van der Waals surface area contributed by atoms with Gasteiger partial charge in [-0.05, 0) is 11.6 Å². The summed E-state index contributed by atoms with van der Waals surface area (Å²) >= 11 is 0. The molecule has 1 aliphatic heterocycles. The number of nitrogens with two attached hydrogens (primary N) is 1. The number of aliphatic hydroxyl groups is 1. The molecule has 0 amide bonds. The fraction of sp³-hybridized carbons (Fsp3) is 0.600. The van der Waals surface area contributed by atoms with E-state index in [4.69, 9.17) is 15.6 Å². The first kappa shape index (κ1) is 15.3. The minimum atomic E-state index is 0.248. The highest BCUT2D eigenvalue weighted by Crippen LogP contribution is 2.21. The monoisotopic (exact) mass is 279 g/mol. The molecule has 0 aromatic heterocycles. The fourth-order valence-corrected chi connectivity index (χ4v) is 2.63. The second-order valence-electron chi connectivity index (χ2n) is 5.19. The Kier molecular flexibility index (Phi) is 5.79. The van der Waals surface area contributed by atoms with E-state index in [1.54, 1.807) is 7.11 Å². The zero-order valence-corrected chi connectivity index (χ0v) is 12.2. The predicted octanol–water partition coefficient (Wildman–Crippen LogP) is 0.264. The summed E-state index contributed by atoms with van der Waals surface area (Å²) in [5, 5.41) is 8.95. The number of nitrogens with zero attached hydrogens (tertiary/aromatic N) is 2. The molecule has 0 spiro atoms. The lowest BCUT2D eigenvalue weighted by Gasteiger charge is -2.34. The van der Waals surface area contributed by atoms with Gasteiger partial charge in [-0.25, -0.2) is 0 Å². The van der Waals surface area contributed by atoms with Crippen LogP contribution < -0.4 is 10.5 Å². The van der Waals surface area contributed by atoms with E-state index in [0.717, 1.165) is 50.6 Å². The molecule has 0 atom stereocenters. The molecule has 1 heterocycles. The molecule has 5 heteroatoms. The van der Waals surface area contributed by atoms with E-state index < -0.39 is 0 Å². The average Bonchev–Trinajstić information content (AvgIpc) is 2.49. The minimum absolute atomic E-state index is 0.248. The smallest absolute Gasteiger partial charge is 0.123 e. The molecular formula is C15H25N3O2. The van der Waals surface area contributed by atoms with Gasteiger partial charge in [-0.15, -0.1) is 0 Å². The van der Waals surface area contributed by atoms with Crippen molar-refractivity contribution < 1.29 is 9.84 Å². The van der Waals surface area contributed by atoms with Crippen LogP contribution in [0.5, 0.6) is 5.75 Å². The van der Waals surface area contributed by atoms with Gasteiger partial charge in [0.25, 0.3) is 0 Å². The maximum Gasteiger partial charge on any atom is 0.123 e. The van der Waals surface area contributed by atoms with Crippen molar-refractivity contribution in [3.8, 4) is 5.75 Å². The Bertz CT molecular complexity index is 418. The molecule has 1 aliphatic rings. The first-order valence-corrected chi connectivity index (χ1v) is 7.18. The highest BCUT2D eigenvalue weighted by molar-refractivity contribution is 5.37. The maximum absolute atomic E-state index is 8.95. The number of benzene rings is 1. The van der Waals surface area contributed by atoms with Crippen LogP contribution in [0.2, 0.25) is 0 Å². The molecule has 20 heavy (non-hydrogen) atoms. The van der Waals surface area contributed by atoms with Crippen molar-refractivity contribution in [3.05, 3.63) is 29.3 Å². The number of β-amino-alcohol motifs (C(OH)–C–C–N with tert-alkyl or cyclic N) is 1. The van der Waals surface area contributed by atoms with Gasteiger partial charge in [0.1, 0.15) is 5.75 Å². The molecule has 0 aliphatic carbocycles. The van der Waals surface area contributed by atoms with Gasteiger partial charge in [-0.3, -0.25) is 9.80 Å². The van der Waals surface area contributed by atoms with Crippen molar-refractivity contribution in [1.82, 2.24) is 9.80 Å². The summed E-state index contributed by atoms with van der Waals surface area (Å²) in [6, 6.07) is 6.27. The average molecular weight is 279 g/mol. The highest BCUT2D eigenvalue weighted by atomic mass is 16.5. The summed E-state index contributed by atoms with van der Waals surface area (Å²) in [4.78, 5) is 4.74. The molecule has 1 saturated heterocycles. The number of hydrogen-bond donors (Lipinski definition) is 2. The Labute approximate surface area is 120 Å². The number of piperazine rings is 1. The van der Waals surface area contributed by atoms with Crippen molar-refractivity contribution in [2.24, 2.45) is 5.73 Å². The Morgan fingerprint density at radius 3 is 2.50 bits per heavy atom. The van der Waals surface area contributed by atoms with Crippen molar-refractivity contribution >= 4 is 0 Å². The standard InChI is InChI=1S/C15H25N3O2/c1-20-15-10-13(2-3-14(15)11-16)12-18-6-4-17(5-7-18)8-9-19/h2-3,10,19H,4-9,11-12,16H2,1H3. The predicted molar refractivity (Wildman–Crippen MR) is 79.7 cm³/mol. The molecule has 2 rings (SSSR count). The first-order valence-electron chi connectivity index (χ1n) is 7.18. The molecule has 112 valence electrons. The van der Waals surface area contributed by atoms with Gasteiger partial charge >= 0.3 is 0 Å².